The highest BCUT2D eigenvalue weighted by Crippen LogP contribution is 2.24. The topological polar surface area (TPSA) is 29.5 Å². The minimum atomic E-state index is -0.368. The van der Waals surface area contributed by atoms with E-state index in [0.29, 0.717) is 6.61 Å². The lowest BCUT2D eigenvalue weighted by Gasteiger charge is -2.33. The molecule has 0 aliphatic carbocycles. The van der Waals surface area contributed by atoms with E-state index in [9.17, 15) is 5.11 Å². The zero-order valence-corrected chi connectivity index (χ0v) is 11.2. The van der Waals surface area contributed by atoms with E-state index in [4.69, 9.17) is 4.74 Å². The van der Waals surface area contributed by atoms with Crippen molar-refractivity contribution in [3.63, 3.8) is 0 Å². The van der Waals surface area contributed by atoms with E-state index in [0.717, 1.165) is 32.1 Å². The van der Waals surface area contributed by atoms with E-state index in [1.165, 1.54) is 6.42 Å². The number of hydrogen-bond donors (Lipinski definition) is 1. The number of unbranched alkanes of at least 4 members (excludes halogenated alkanes) is 3. The first kappa shape index (κ1) is 15.7. The molecule has 0 spiro atoms. The van der Waals surface area contributed by atoms with Gasteiger partial charge in [-0.2, -0.15) is 0 Å². The maximum Gasteiger partial charge on any atom is 0.0909 e. The van der Waals surface area contributed by atoms with Crippen LogP contribution in [-0.2, 0) is 4.74 Å². The summed E-state index contributed by atoms with van der Waals surface area (Å²) in [6.45, 7) is 10.4. The molecule has 0 aromatic carbocycles. The quantitative estimate of drug-likeness (QED) is 0.456. The molecule has 0 fully saturated rings. The SMILES string of the molecule is C=CCCCCCC(O)C(C)(CC)OCC. The smallest absolute Gasteiger partial charge is 0.0909 e. The molecule has 2 unspecified atom stereocenters. The Morgan fingerprint density at radius 1 is 1.31 bits per heavy atom. The maximum absolute atomic E-state index is 10.1. The molecule has 0 bridgehead atoms. The van der Waals surface area contributed by atoms with Crippen molar-refractivity contribution in [1.82, 2.24) is 0 Å². The van der Waals surface area contributed by atoms with Gasteiger partial charge in [0.05, 0.1) is 11.7 Å². The fraction of sp³-hybridized carbons (Fsp3) is 0.857. The zero-order valence-electron chi connectivity index (χ0n) is 11.2. The minimum Gasteiger partial charge on any atom is -0.390 e. The van der Waals surface area contributed by atoms with Crippen LogP contribution in [-0.4, -0.2) is 23.4 Å². The van der Waals surface area contributed by atoms with E-state index < -0.39 is 0 Å². The van der Waals surface area contributed by atoms with Crippen LogP contribution in [0.2, 0.25) is 0 Å². The lowest BCUT2D eigenvalue weighted by Crippen LogP contribution is -2.41. The first-order valence-electron chi connectivity index (χ1n) is 6.53. The van der Waals surface area contributed by atoms with Crippen molar-refractivity contribution < 1.29 is 9.84 Å². The molecule has 0 saturated heterocycles. The average Bonchev–Trinajstić information content (AvgIpc) is 2.28. The summed E-state index contributed by atoms with van der Waals surface area (Å²) >= 11 is 0. The first-order chi connectivity index (χ1) is 7.60. The van der Waals surface area contributed by atoms with Gasteiger partial charge in [-0.3, -0.25) is 0 Å². The number of ether oxygens (including phenoxy) is 1. The highest BCUT2D eigenvalue weighted by molar-refractivity contribution is 4.82. The molecule has 1 N–H and O–H groups in total. The monoisotopic (exact) mass is 228 g/mol. The predicted molar refractivity (Wildman–Crippen MR) is 69.6 cm³/mol. The summed E-state index contributed by atoms with van der Waals surface area (Å²) in [6.07, 6.45) is 7.77. The van der Waals surface area contributed by atoms with Crippen molar-refractivity contribution >= 4 is 0 Å². The van der Waals surface area contributed by atoms with E-state index in [2.05, 4.69) is 13.5 Å². The number of aliphatic hydroxyl groups is 1. The largest absolute Gasteiger partial charge is 0.390 e. The fourth-order valence-electron chi connectivity index (χ4n) is 1.87. The summed E-state index contributed by atoms with van der Waals surface area (Å²) in [4.78, 5) is 0. The lowest BCUT2D eigenvalue weighted by atomic mass is 9.91. The molecule has 2 atom stereocenters. The lowest BCUT2D eigenvalue weighted by molar-refractivity contribution is -0.113. The molecule has 0 rings (SSSR count). The van der Waals surface area contributed by atoms with Crippen LogP contribution in [0.3, 0.4) is 0 Å². The Morgan fingerprint density at radius 2 is 2.00 bits per heavy atom. The van der Waals surface area contributed by atoms with Crippen LogP contribution >= 0.6 is 0 Å². The Kier molecular flexibility index (Phi) is 8.58. The van der Waals surface area contributed by atoms with E-state index in [1.54, 1.807) is 0 Å². The Labute approximate surface area is 101 Å². The third kappa shape index (κ3) is 5.66. The van der Waals surface area contributed by atoms with Crippen LogP contribution in [0.25, 0.3) is 0 Å². The molecule has 0 amide bonds. The van der Waals surface area contributed by atoms with Crippen molar-refractivity contribution in [3.8, 4) is 0 Å². The van der Waals surface area contributed by atoms with Gasteiger partial charge in [-0.25, -0.2) is 0 Å². The Morgan fingerprint density at radius 3 is 2.50 bits per heavy atom. The molecular formula is C14H28O2. The van der Waals surface area contributed by atoms with Crippen LogP contribution in [0.15, 0.2) is 12.7 Å². The van der Waals surface area contributed by atoms with Gasteiger partial charge in [0.25, 0.3) is 0 Å². The summed E-state index contributed by atoms with van der Waals surface area (Å²) in [5, 5.41) is 10.1. The normalized spacial score (nSPS) is 16.8. The Hall–Kier alpha value is -0.340. The van der Waals surface area contributed by atoms with Gasteiger partial charge >= 0.3 is 0 Å². The Balaban J connectivity index is 3.83. The molecule has 2 nitrogen and oxygen atoms in total. The Bertz CT molecular complexity index is 180. The summed E-state index contributed by atoms with van der Waals surface area (Å²) < 4.78 is 5.65. The van der Waals surface area contributed by atoms with Gasteiger partial charge in [-0.1, -0.05) is 25.8 Å². The zero-order chi connectivity index (χ0) is 12.4. The molecule has 96 valence electrons. The van der Waals surface area contributed by atoms with Crippen molar-refractivity contribution in [1.29, 1.82) is 0 Å². The number of aliphatic hydroxyl groups excluding tert-OH is 1. The second-order valence-corrected chi connectivity index (χ2v) is 4.54. The average molecular weight is 228 g/mol. The van der Waals surface area contributed by atoms with Crippen LogP contribution in [0.4, 0.5) is 0 Å². The number of hydrogen-bond acceptors (Lipinski definition) is 2. The van der Waals surface area contributed by atoms with Gasteiger partial charge in [0.2, 0.25) is 0 Å². The van der Waals surface area contributed by atoms with Crippen molar-refractivity contribution in [3.05, 3.63) is 12.7 Å². The second kappa shape index (κ2) is 8.77. The van der Waals surface area contributed by atoms with Gasteiger partial charge in [0, 0.05) is 6.61 Å². The molecule has 0 aliphatic rings. The number of allylic oxidation sites excluding steroid dienone is 1. The van der Waals surface area contributed by atoms with Crippen LogP contribution in [0, 0.1) is 0 Å². The fourth-order valence-corrected chi connectivity index (χ4v) is 1.87. The van der Waals surface area contributed by atoms with Crippen molar-refractivity contribution in [2.45, 2.75) is 71.0 Å². The van der Waals surface area contributed by atoms with Gasteiger partial charge in [0.15, 0.2) is 0 Å². The molecule has 0 aromatic heterocycles. The molecule has 0 heterocycles. The molecule has 2 heteroatoms. The standard InChI is InChI=1S/C14H28O2/c1-5-8-9-10-11-12-13(15)14(4,6-2)16-7-3/h5,13,15H,1,6-12H2,2-4H3. The third-order valence-corrected chi connectivity index (χ3v) is 3.27. The summed E-state index contributed by atoms with van der Waals surface area (Å²) in [5.41, 5.74) is -0.368. The molecule has 0 aromatic rings. The summed E-state index contributed by atoms with van der Waals surface area (Å²) in [6, 6.07) is 0. The second-order valence-electron chi connectivity index (χ2n) is 4.54. The first-order valence-corrected chi connectivity index (χ1v) is 6.53. The molecule has 0 radical (unpaired) electrons. The highest BCUT2D eigenvalue weighted by atomic mass is 16.5. The van der Waals surface area contributed by atoms with Gasteiger partial charge in [-0.05, 0) is 39.5 Å². The molecule has 0 aliphatic heterocycles. The van der Waals surface area contributed by atoms with Gasteiger partial charge in [0.1, 0.15) is 0 Å². The van der Waals surface area contributed by atoms with Gasteiger partial charge < -0.3 is 9.84 Å². The summed E-state index contributed by atoms with van der Waals surface area (Å²) in [7, 11) is 0. The van der Waals surface area contributed by atoms with E-state index >= 15 is 0 Å². The van der Waals surface area contributed by atoms with E-state index in [1.807, 2.05) is 19.9 Å². The third-order valence-electron chi connectivity index (χ3n) is 3.27. The maximum atomic E-state index is 10.1. The molecule has 16 heavy (non-hydrogen) atoms. The van der Waals surface area contributed by atoms with Crippen molar-refractivity contribution in [2.24, 2.45) is 0 Å². The minimum absolute atomic E-state index is 0.346. The van der Waals surface area contributed by atoms with E-state index in [-0.39, 0.29) is 11.7 Å². The van der Waals surface area contributed by atoms with Gasteiger partial charge in [-0.15, -0.1) is 6.58 Å². The van der Waals surface area contributed by atoms with Crippen LogP contribution in [0.1, 0.15) is 59.3 Å². The predicted octanol–water partition coefficient (Wildman–Crippen LogP) is 3.69. The molecule has 0 saturated carbocycles. The summed E-state index contributed by atoms with van der Waals surface area (Å²) in [5.74, 6) is 0. The molecular weight excluding hydrogens is 200 g/mol. The number of rotatable bonds is 10. The highest BCUT2D eigenvalue weighted by Gasteiger charge is 2.30. The van der Waals surface area contributed by atoms with Crippen molar-refractivity contribution in [2.75, 3.05) is 6.61 Å². The van der Waals surface area contributed by atoms with Crippen LogP contribution in [0.5, 0.6) is 0 Å². The van der Waals surface area contributed by atoms with Crippen LogP contribution < -0.4 is 0 Å².